The first-order chi connectivity index (χ1) is 30.0. The predicted molar refractivity (Wildman–Crippen MR) is 238 cm³/mol. The number of ether oxygens (including phenoxy) is 4. The van der Waals surface area contributed by atoms with Crippen molar-refractivity contribution in [3.05, 3.63) is 95.1 Å². The van der Waals surface area contributed by atoms with Gasteiger partial charge in [0.15, 0.2) is 0 Å². The van der Waals surface area contributed by atoms with E-state index in [1.165, 1.54) is 26.0 Å². The van der Waals surface area contributed by atoms with E-state index in [1.807, 2.05) is 60.3 Å². The zero-order valence-electron chi connectivity index (χ0n) is 37.1. The zero-order valence-corrected chi connectivity index (χ0v) is 37.1. The normalized spacial score (nSPS) is 10.9. The van der Waals surface area contributed by atoms with E-state index < -0.39 is 23.9 Å². The molecule has 0 aliphatic heterocycles. The van der Waals surface area contributed by atoms with Crippen LogP contribution in [-0.2, 0) is 47.7 Å². The number of nitrogens with zero attached hydrogens (tertiary/aromatic N) is 6. The van der Waals surface area contributed by atoms with Gasteiger partial charge in [-0.25, -0.2) is 19.2 Å². The molecule has 0 saturated carbocycles. The number of rotatable bonds is 26. The van der Waals surface area contributed by atoms with Crippen LogP contribution in [-0.4, -0.2) is 126 Å². The number of benzene rings is 2. The molecule has 0 fully saturated rings. The number of esters is 4. The van der Waals surface area contributed by atoms with Gasteiger partial charge in [-0.05, 0) is 80.7 Å². The van der Waals surface area contributed by atoms with Crippen LogP contribution >= 0.6 is 0 Å². The van der Waals surface area contributed by atoms with Crippen molar-refractivity contribution in [3.63, 3.8) is 0 Å². The second-order valence-electron chi connectivity index (χ2n) is 14.7. The summed E-state index contributed by atoms with van der Waals surface area (Å²) < 4.78 is 19.8. The topological polar surface area (TPSA) is 200 Å². The lowest BCUT2D eigenvalue weighted by molar-refractivity contribution is -0.147. The molecule has 0 aromatic heterocycles. The Morgan fingerprint density at radius 1 is 0.524 bits per heavy atom. The number of hydrogen-bond acceptors (Lipinski definition) is 14. The SMILES string of the molecule is C=C(C)C(=O)OCCOC(=O)/C(C#N)=C/c1ccc(N(C)CCCN(C)C(=O)CCCC(=O)N(C)CCCN(C)c2ccc(/C=C(\C#N)C(=O)OCCOC(=O)C(=C)C)cc2)cc1. The largest absolute Gasteiger partial charge is 0.459 e. The van der Waals surface area contributed by atoms with Crippen molar-refractivity contribution in [1.82, 2.24) is 9.80 Å². The molecular formula is C47H58N6O10. The van der Waals surface area contributed by atoms with Crippen molar-refractivity contribution in [2.24, 2.45) is 0 Å². The quantitative estimate of drug-likeness (QED) is 0.0390. The molecular weight excluding hydrogens is 809 g/mol. The second-order valence-corrected chi connectivity index (χ2v) is 14.7. The molecule has 16 nitrogen and oxygen atoms in total. The molecule has 0 saturated heterocycles. The second kappa shape index (κ2) is 27.6. The maximum atomic E-state index is 12.8. The Morgan fingerprint density at radius 3 is 1.14 bits per heavy atom. The number of anilines is 2. The van der Waals surface area contributed by atoms with Crippen molar-refractivity contribution in [2.75, 3.05) is 90.6 Å². The van der Waals surface area contributed by atoms with E-state index in [1.54, 1.807) is 48.2 Å². The van der Waals surface area contributed by atoms with Gasteiger partial charge in [-0.2, -0.15) is 10.5 Å². The lowest BCUT2D eigenvalue weighted by Gasteiger charge is -2.23. The van der Waals surface area contributed by atoms with Crippen molar-refractivity contribution in [3.8, 4) is 12.1 Å². The molecule has 2 aromatic rings. The number of carbonyl (C=O) groups excluding carboxylic acids is 6. The Bertz CT molecular complexity index is 1930. The van der Waals surface area contributed by atoms with Crippen LogP contribution in [0.4, 0.5) is 11.4 Å². The van der Waals surface area contributed by atoms with Crippen LogP contribution in [0, 0.1) is 22.7 Å². The molecule has 0 heterocycles. The fourth-order valence-electron chi connectivity index (χ4n) is 5.57. The summed E-state index contributed by atoms with van der Waals surface area (Å²) in [5, 5.41) is 18.9. The molecule has 2 aromatic carbocycles. The molecule has 0 aliphatic rings. The average Bonchev–Trinajstić information content (AvgIpc) is 3.27. The molecule has 16 heteroatoms. The molecule has 0 radical (unpaired) electrons. The van der Waals surface area contributed by atoms with Crippen LogP contribution in [0.15, 0.2) is 84.0 Å². The minimum Gasteiger partial charge on any atom is -0.459 e. The van der Waals surface area contributed by atoms with Gasteiger partial charge in [-0.15, -0.1) is 0 Å². The summed E-state index contributed by atoms with van der Waals surface area (Å²) in [6, 6.07) is 18.2. The van der Waals surface area contributed by atoms with Crippen LogP contribution < -0.4 is 9.80 Å². The first-order valence-corrected chi connectivity index (χ1v) is 20.3. The summed E-state index contributed by atoms with van der Waals surface area (Å²) in [4.78, 5) is 80.4. The molecule has 2 rings (SSSR count). The molecule has 336 valence electrons. The van der Waals surface area contributed by atoms with Crippen molar-refractivity contribution in [1.29, 1.82) is 10.5 Å². The average molecular weight is 867 g/mol. The minimum absolute atomic E-state index is 0.0327. The maximum absolute atomic E-state index is 12.8. The lowest BCUT2D eigenvalue weighted by Crippen LogP contribution is -2.32. The molecule has 0 N–H and O–H groups in total. The zero-order chi connectivity index (χ0) is 46.9. The van der Waals surface area contributed by atoms with E-state index in [0.29, 0.717) is 56.6 Å². The van der Waals surface area contributed by atoms with Gasteiger partial charge in [0.2, 0.25) is 11.8 Å². The fourth-order valence-corrected chi connectivity index (χ4v) is 5.57. The molecule has 0 unspecified atom stereocenters. The van der Waals surface area contributed by atoms with Crippen LogP contribution in [0.1, 0.15) is 57.1 Å². The van der Waals surface area contributed by atoms with Crippen LogP contribution in [0.5, 0.6) is 0 Å². The van der Waals surface area contributed by atoms with E-state index in [4.69, 9.17) is 18.9 Å². The third-order valence-corrected chi connectivity index (χ3v) is 9.37. The summed E-state index contributed by atoms with van der Waals surface area (Å²) in [5.41, 5.74) is 3.14. The summed E-state index contributed by atoms with van der Waals surface area (Å²) in [6.07, 6.45) is 5.22. The third kappa shape index (κ3) is 19.4. The Labute approximate surface area is 370 Å². The van der Waals surface area contributed by atoms with Crippen molar-refractivity contribution < 1.29 is 47.7 Å². The highest BCUT2D eigenvalue weighted by Crippen LogP contribution is 2.18. The summed E-state index contributed by atoms with van der Waals surface area (Å²) in [6.45, 7) is 11.7. The summed E-state index contributed by atoms with van der Waals surface area (Å²) in [7, 11) is 7.36. The van der Waals surface area contributed by atoms with Crippen LogP contribution in [0.2, 0.25) is 0 Å². The Kier molecular flexibility index (Phi) is 22.8. The van der Waals surface area contributed by atoms with Gasteiger partial charge >= 0.3 is 23.9 Å². The number of nitriles is 2. The van der Waals surface area contributed by atoms with Gasteiger partial charge < -0.3 is 38.5 Å². The number of hydrogen-bond donors (Lipinski definition) is 0. The number of amides is 2. The van der Waals surface area contributed by atoms with Crippen molar-refractivity contribution >= 4 is 59.2 Å². The highest BCUT2D eigenvalue weighted by atomic mass is 16.6. The standard InChI is InChI=1S/C47H58N6O10/c1-34(2)44(56)60-26-28-62-46(58)38(32-48)30-36-14-18-40(19-15-36)50(5)22-10-24-52(7)42(54)12-9-13-43(55)53(8)25-11-23-51(6)41-20-16-37(17-21-41)31-39(33-49)47(59)63-29-27-61-45(57)35(3)4/h14-21,30-31H,1,3,9-13,22-29H2,2,4-8H3/b38-30+,39-31+. The Hall–Kier alpha value is -7.20. The monoisotopic (exact) mass is 866 g/mol. The molecule has 2 amide bonds. The lowest BCUT2D eigenvalue weighted by atomic mass is 10.1. The predicted octanol–water partition coefficient (Wildman–Crippen LogP) is 5.27. The van der Waals surface area contributed by atoms with E-state index in [-0.39, 0.29) is 73.4 Å². The van der Waals surface area contributed by atoms with Gasteiger partial charge in [0.25, 0.3) is 0 Å². The van der Waals surface area contributed by atoms with E-state index in [9.17, 15) is 39.3 Å². The van der Waals surface area contributed by atoms with E-state index in [2.05, 4.69) is 13.2 Å². The maximum Gasteiger partial charge on any atom is 0.349 e. The van der Waals surface area contributed by atoms with Gasteiger partial charge in [0.05, 0.1) is 0 Å². The first kappa shape index (κ1) is 51.9. The fraction of sp³-hybridized carbons (Fsp3) is 0.404. The van der Waals surface area contributed by atoms with Gasteiger partial charge in [0, 0.05) is 89.7 Å². The van der Waals surface area contributed by atoms with Crippen LogP contribution in [0.25, 0.3) is 12.2 Å². The highest BCUT2D eigenvalue weighted by molar-refractivity contribution is 5.98. The van der Waals surface area contributed by atoms with E-state index >= 15 is 0 Å². The Morgan fingerprint density at radius 2 is 0.841 bits per heavy atom. The minimum atomic E-state index is -0.825. The van der Waals surface area contributed by atoms with Gasteiger partial charge in [-0.3, -0.25) is 9.59 Å². The smallest absolute Gasteiger partial charge is 0.349 e. The summed E-state index contributed by atoms with van der Waals surface area (Å²) >= 11 is 0. The Balaban J connectivity index is 1.69. The molecule has 63 heavy (non-hydrogen) atoms. The molecule has 0 atom stereocenters. The molecule has 0 spiro atoms. The van der Waals surface area contributed by atoms with Gasteiger partial charge in [-0.1, -0.05) is 37.4 Å². The molecule has 0 aliphatic carbocycles. The summed E-state index contributed by atoms with van der Waals surface area (Å²) in [5.74, 6) is -2.90. The van der Waals surface area contributed by atoms with Crippen LogP contribution in [0.3, 0.4) is 0 Å². The third-order valence-electron chi connectivity index (χ3n) is 9.37. The van der Waals surface area contributed by atoms with Gasteiger partial charge in [0.1, 0.15) is 49.7 Å². The van der Waals surface area contributed by atoms with E-state index in [0.717, 1.165) is 11.4 Å². The van der Waals surface area contributed by atoms with Crippen molar-refractivity contribution in [2.45, 2.75) is 46.0 Å². The highest BCUT2D eigenvalue weighted by Gasteiger charge is 2.16. The first-order valence-electron chi connectivity index (χ1n) is 20.3. The molecule has 0 bridgehead atoms. The number of carbonyl (C=O) groups is 6.